The van der Waals surface area contributed by atoms with Crippen LogP contribution in [0.15, 0.2) is 11.6 Å². The van der Waals surface area contributed by atoms with E-state index >= 15 is 0 Å². The monoisotopic (exact) mass is 456 g/mol. The molecular formula is C15H13F13O. The Kier molecular flexibility index (Phi) is 8.12. The molecule has 29 heavy (non-hydrogen) atoms. The summed E-state index contributed by atoms with van der Waals surface area (Å²) >= 11 is 0. The molecule has 0 aromatic rings. The molecule has 0 heterocycles. The molecule has 0 aliphatic heterocycles. The minimum Gasteiger partial charge on any atom is -0.384 e. The third-order valence-corrected chi connectivity index (χ3v) is 3.44. The summed E-state index contributed by atoms with van der Waals surface area (Å²) in [6, 6.07) is 0. The van der Waals surface area contributed by atoms with Gasteiger partial charge in [-0.25, -0.2) is 0 Å². The highest BCUT2D eigenvalue weighted by molar-refractivity contribution is 5.32. The first-order valence-electron chi connectivity index (χ1n) is 7.51. The third kappa shape index (κ3) is 4.92. The van der Waals surface area contributed by atoms with E-state index in [0.29, 0.717) is 0 Å². The molecule has 0 fully saturated rings. The zero-order valence-electron chi connectivity index (χ0n) is 14.3. The Morgan fingerprint density at radius 2 is 1.21 bits per heavy atom. The Labute approximate surface area is 155 Å². The summed E-state index contributed by atoms with van der Waals surface area (Å²) in [7, 11) is 0. The number of alkyl halides is 13. The van der Waals surface area contributed by atoms with E-state index in [0.717, 1.165) is 0 Å². The first-order chi connectivity index (χ1) is 12.7. The molecular weight excluding hydrogens is 443 g/mol. The van der Waals surface area contributed by atoms with Gasteiger partial charge in [0.2, 0.25) is 0 Å². The van der Waals surface area contributed by atoms with Crippen molar-refractivity contribution in [2.75, 3.05) is 6.61 Å². The minimum atomic E-state index is -7.93. The van der Waals surface area contributed by atoms with E-state index in [9.17, 15) is 57.1 Å². The van der Waals surface area contributed by atoms with Crippen LogP contribution >= 0.6 is 0 Å². The lowest BCUT2D eigenvalue weighted by Gasteiger charge is -2.39. The molecule has 0 atom stereocenters. The Morgan fingerprint density at radius 1 is 0.759 bits per heavy atom. The fourth-order valence-corrected chi connectivity index (χ4v) is 1.78. The van der Waals surface area contributed by atoms with Gasteiger partial charge in [-0.15, -0.1) is 0 Å². The van der Waals surface area contributed by atoms with Crippen molar-refractivity contribution >= 4 is 0 Å². The van der Waals surface area contributed by atoms with Crippen molar-refractivity contribution in [3.05, 3.63) is 11.6 Å². The van der Waals surface area contributed by atoms with Crippen LogP contribution in [-0.2, 0) is 0 Å². The second-order valence-corrected chi connectivity index (χ2v) is 5.65. The van der Waals surface area contributed by atoms with Gasteiger partial charge in [-0.3, -0.25) is 0 Å². The molecule has 0 aromatic heterocycles. The highest BCUT2D eigenvalue weighted by Gasteiger charge is 2.90. The third-order valence-electron chi connectivity index (χ3n) is 3.44. The van der Waals surface area contributed by atoms with Gasteiger partial charge >= 0.3 is 35.8 Å². The Balaban J connectivity index is 6.43. The van der Waals surface area contributed by atoms with Gasteiger partial charge in [0.15, 0.2) is 0 Å². The summed E-state index contributed by atoms with van der Waals surface area (Å²) in [5.74, 6) is -33.8. The number of halogens is 13. The van der Waals surface area contributed by atoms with Crippen molar-refractivity contribution in [3.8, 4) is 11.8 Å². The smallest absolute Gasteiger partial charge is 0.384 e. The van der Waals surface area contributed by atoms with E-state index in [1.807, 2.05) is 0 Å². The quantitative estimate of drug-likeness (QED) is 0.360. The molecule has 0 aliphatic carbocycles. The molecule has 0 aromatic carbocycles. The van der Waals surface area contributed by atoms with E-state index in [-0.39, 0.29) is 12.8 Å². The largest absolute Gasteiger partial charge is 0.460 e. The van der Waals surface area contributed by atoms with Gasteiger partial charge in [-0.05, 0) is 12.8 Å². The number of hydrogen-bond acceptors (Lipinski definition) is 1. The van der Waals surface area contributed by atoms with Crippen LogP contribution in [0.4, 0.5) is 57.1 Å². The van der Waals surface area contributed by atoms with Crippen LogP contribution in [0.25, 0.3) is 0 Å². The van der Waals surface area contributed by atoms with Crippen LogP contribution in [0.5, 0.6) is 0 Å². The summed E-state index contributed by atoms with van der Waals surface area (Å²) in [6.07, 6.45) is -8.88. The average molecular weight is 456 g/mol. The highest BCUT2D eigenvalue weighted by Crippen LogP contribution is 2.60. The molecule has 0 bridgehead atoms. The molecule has 1 nitrogen and oxygen atoms in total. The fraction of sp³-hybridized carbons (Fsp3) is 0.733. The standard InChI is InChI=1S/C15H13F13O/c1-2-3-5-9(6-4-7-29)8-10(16,17)11(18,19)12(20,21)13(22,23)14(24,25)15(26,27)28/h8,29H,2-3,5,7H2,1H3/b9-8+. The van der Waals surface area contributed by atoms with E-state index in [1.54, 1.807) is 11.8 Å². The average Bonchev–Trinajstić information content (AvgIpc) is 2.55. The van der Waals surface area contributed by atoms with Gasteiger partial charge in [-0.2, -0.15) is 57.1 Å². The minimum absolute atomic E-state index is 0.0493. The fourth-order valence-electron chi connectivity index (χ4n) is 1.78. The lowest BCUT2D eigenvalue weighted by Crippen LogP contribution is -2.69. The van der Waals surface area contributed by atoms with Crippen molar-refractivity contribution in [1.29, 1.82) is 0 Å². The lowest BCUT2D eigenvalue weighted by atomic mass is 9.92. The van der Waals surface area contributed by atoms with Crippen LogP contribution < -0.4 is 0 Å². The lowest BCUT2D eigenvalue weighted by molar-refractivity contribution is -0.436. The molecule has 0 saturated carbocycles. The van der Waals surface area contributed by atoms with Crippen molar-refractivity contribution in [2.45, 2.75) is 62.0 Å². The maximum Gasteiger partial charge on any atom is 0.460 e. The zero-order valence-corrected chi connectivity index (χ0v) is 14.3. The molecule has 1 N–H and O–H groups in total. The van der Waals surface area contributed by atoms with Gasteiger partial charge in [0.1, 0.15) is 6.61 Å². The van der Waals surface area contributed by atoms with Crippen LogP contribution in [0.3, 0.4) is 0 Å². The zero-order chi connectivity index (χ0) is 23.5. The molecule has 0 unspecified atom stereocenters. The van der Waals surface area contributed by atoms with E-state index in [2.05, 4.69) is 0 Å². The van der Waals surface area contributed by atoms with Crippen LogP contribution in [0.1, 0.15) is 26.2 Å². The molecule has 0 amide bonds. The van der Waals surface area contributed by atoms with E-state index in [4.69, 9.17) is 5.11 Å². The SMILES string of the molecule is CCCC/C(C#CCO)=C\C(F)(F)C(F)(F)C(F)(F)C(F)(F)C(F)(F)C(F)(F)F. The first-order valence-corrected chi connectivity index (χ1v) is 7.51. The van der Waals surface area contributed by atoms with Gasteiger partial charge in [0, 0.05) is 11.6 Å². The molecule has 0 rings (SSSR count). The number of aliphatic hydroxyl groups excluding tert-OH is 1. The predicted octanol–water partition coefficient (Wildman–Crippen LogP) is 5.84. The maximum atomic E-state index is 13.7. The summed E-state index contributed by atoms with van der Waals surface area (Å²) in [6.45, 7) is 0.467. The normalized spacial score (nSPS) is 15.2. The topological polar surface area (TPSA) is 20.2 Å². The molecule has 0 radical (unpaired) electrons. The van der Waals surface area contributed by atoms with Gasteiger partial charge < -0.3 is 5.11 Å². The van der Waals surface area contributed by atoms with Crippen LogP contribution in [0, 0.1) is 11.8 Å². The second kappa shape index (κ2) is 8.61. The van der Waals surface area contributed by atoms with Crippen LogP contribution in [-0.4, -0.2) is 47.5 Å². The Hall–Kier alpha value is -1.65. The van der Waals surface area contributed by atoms with Crippen molar-refractivity contribution in [1.82, 2.24) is 0 Å². The Morgan fingerprint density at radius 3 is 1.59 bits per heavy atom. The molecule has 0 saturated heterocycles. The number of rotatable bonds is 8. The van der Waals surface area contributed by atoms with E-state index in [1.165, 1.54) is 6.92 Å². The Bertz CT molecular complexity index is 649. The number of unbranched alkanes of at least 4 members (excludes halogenated alkanes) is 1. The van der Waals surface area contributed by atoms with E-state index < -0.39 is 60.5 Å². The molecule has 0 spiro atoms. The summed E-state index contributed by atoms with van der Waals surface area (Å²) < 4.78 is 169. The van der Waals surface area contributed by atoms with Crippen molar-refractivity contribution in [3.63, 3.8) is 0 Å². The second-order valence-electron chi connectivity index (χ2n) is 5.65. The molecule has 14 heteroatoms. The van der Waals surface area contributed by atoms with Gasteiger partial charge in [0.25, 0.3) is 0 Å². The van der Waals surface area contributed by atoms with Gasteiger partial charge in [0.05, 0.1) is 0 Å². The number of allylic oxidation sites excluding steroid dienone is 2. The first kappa shape index (κ1) is 27.4. The van der Waals surface area contributed by atoms with Crippen molar-refractivity contribution < 1.29 is 62.2 Å². The van der Waals surface area contributed by atoms with Crippen molar-refractivity contribution in [2.24, 2.45) is 0 Å². The molecule has 170 valence electrons. The highest BCUT2D eigenvalue weighted by atomic mass is 19.4. The van der Waals surface area contributed by atoms with Crippen LogP contribution in [0.2, 0.25) is 0 Å². The summed E-state index contributed by atoms with van der Waals surface area (Å²) in [5, 5.41) is 8.45. The maximum absolute atomic E-state index is 13.7. The summed E-state index contributed by atoms with van der Waals surface area (Å²) in [4.78, 5) is 0. The predicted molar refractivity (Wildman–Crippen MR) is 73.3 cm³/mol. The molecule has 0 aliphatic rings. The summed E-state index contributed by atoms with van der Waals surface area (Å²) in [5.41, 5.74) is -1.05. The number of aliphatic hydroxyl groups is 1. The van der Waals surface area contributed by atoms with Gasteiger partial charge in [-0.1, -0.05) is 25.2 Å². The number of hydrogen-bond donors (Lipinski definition) is 1.